The maximum atomic E-state index is 11.3. The predicted molar refractivity (Wildman–Crippen MR) is 87.7 cm³/mol. The normalized spacial score (nSPS) is 13.0. The fourth-order valence-corrected chi connectivity index (χ4v) is 2.08. The van der Waals surface area contributed by atoms with Crippen LogP contribution in [0.4, 0.5) is 5.69 Å². The lowest BCUT2D eigenvalue weighted by Gasteiger charge is -2.22. The molecule has 2 N–H and O–H groups in total. The number of carboxylic acid groups (broad SMARTS) is 1. The summed E-state index contributed by atoms with van der Waals surface area (Å²) in [5.41, 5.74) is 2.37. The lowest BCUT2D eigenvalue weighted by molar-refractivity contribution is -0.139. The zero-order valence-electron chi connectivity index (χ0n) is 13.8. The predicted octanol–water partition coefficient (Wildman–Crippen LogP) is 3.12. The molecular formula is C17H28N2O2. The van der Waals surface area contributed by atoms with E-state index in [1.54, 1.807) is 0 Å². The highest BCUT2D eigenvalue weighted by Gasteiger charge is 2.20. The van der Waals surface area contributed by atoms with Gasteiger partial charge in [-0.05, 0) is 36.0 Å². The number of aliphatic carboxylic acids is 1. The summed E-state index contributed by atoms with van der Waals surface area (Å²) in [6, 6.07) is 7.64. The fraction of sp³-hybridized carbons (Fsp3) is 0.588. The standard InChI is InChI=1S/C17H28N2O2/c1-17(2,3)10-9-15(16(20)21)18-12-13-7-6-8-14(11-13)19(4)5/h6-8,11,15,18H,9-10,12H2,1-5H3,(H,20,21). The Bertz CT molecular complexity index is 464. The molecule has 1 rings (SSSR count). The van der Waals surface area contributed by atoms with Crippen LogP contribution in [0, 0.1) is 5.41 Å². The summed E-state index contributed by atoms with van der Waals surface area (Å²) in [4.78, 5) is 13.4. The van der Waals surface area contributed by atoms with Gasteiger partial charge in [-0.15, -0.1) is 0 Å². The number of hydrogen-bond acceptors (Lipinski definition) is 3. The maximum Gasteiger partial charge on any atom is 0.320 e. The van der Waals surface area contributed by atoms with Crippen molar-refractivity contribution in [2.45, 2.75) is 46.2 Å². The molecule has 0 amide bonds. The number of nitrogens with zero attached hydrogens (tertiary/aromatic N) is 1. The molecule has 4 heteroatoms. The van der Waals surface area contributed by atoms with Crippen molar-refractivity contribution in [3.63, 3.8) is 0 Å². The molecular weight excluding hydrogens is 264 g/mol. The molecule has 0 saturated heterocycles. The van der Waals surface area contributed by atoms with Crippen LogP contribution < -0.4 is 10.2 Å². The zero-order chi connectivity index (χ0) is 16.0. The van der Waals surface area contributed by atoms with E-state index in [4.69, 9.17) is 0 Å². The Morgan fingerprint density at radius 3 is 2.52 bits per heavy atom. The van der Waals surface area contributed by atoms with Crippen molar-refractivity contribution in [1.82, 2.24) is 5.32 Å². The number of rotatable bonds is 7. The summed E-state index contributed by atoms with van der Waals surface area (Å²) < 4.78 is 0. The quantitative estimate of drug-likeness (QED) is 0.811. The number of anilines is 1. The largest absolute Gasteiger partial charge is 0.480 e. The molecule has 0 spiro atoms. The minimum atomic E-state index is -0.775. The Labute approximate surface area is 128 Å². The molecule has 1 aromatic rings. The third kappa shape index (κ3) is 6.63. The second-order valence-corrected chi connectivity index (χ2v) is 6.94. The molecule has 0 saturated carbocycles. The van der Waals surface area contributed by atoms with Crippen LogP contribution >= 0.6 is 0 Å². The summed E-state index contributed by atoms with van der Waals surface area (Å²) in [5, 5.41) is 12.5. The lowest BCUT2D eigenvalue weighted by Crippen LogP contribution is -2.37. The van der Waals surface area contributed by atoms with Crippen LogP contribution in [0.3, 0.4) is 0 Å². The number of nitrogens with one attached hydrogen (secondary N) is 1. The molecule has 1 unspecified atom stereocenters. The van der Waals surface area contributed by atoms with E-state index in [2.05, 4.69) is 32.2 Å². The minimum absolute atomic E-state index is 0.153. The van der Waals surface area contributed by atoms with Gasteiger partial charge in [0.25, 0.3) is 0 Å². The first-order valence-corrected chi connectivity index (χ1v) is 7.41. The molecule has 4 nitrogen and oxygen atoms in total. The molecule has 0 aliphatic heterocycles. The van der Waals surface area contributed by atoms with Crippen molar-refractivity contribution in [1.29, 1.82) is 0 Å². The summed E-state index contributed by atoms with van der Waals surface area (Å²) >= 11 is 0. The molecule has 21 heavy (non-hydrogen) atoms. The summed E-state index contributed by atoms with van der Waals surface area (Å²) in [6.07, 6.45) is 1.53. The molecule has 0 bridgehead atoms. The average molecular weight is 292 g/mol. The van der Waals surface area contributed by atoms with Gasteiger partial charge in [-0.3, -0.25) is 4.79 Å². The molecule has 1 aromatic carbocycles. The van der Waals surface area contributed by atoms with Crippen molar-refractivity contribution in [2.24, 2.45) is 5.41 Å². The molecule has 0 aromatic heterocycles. The Morgan fingerprint density at radius 1 is 1.33 bits per heavy atom. The van der Waals surface area contributed by atoms with E-state index in [0.29, 0.717) is 13.0 Å². The monoisotopic (exact) mass is 292 g/mol. The van der Waals surface area contributed by atoms with Gasteiger partial charge in [-0.1, -0.05) is 32.9 Å². The van der Waals surface area contributed by atoms with Crippen molar-refractivity contribution in [3.05, 3.63) is 29.8 Å². The van der Waals surface area contributed by atoms with Gasteiger partial charge in [0.1, 0.15) is 6.04 Å². The third-order valence-electron chi connectivity index (χ3n) is 3.46. The molecule has 1 atom stereocenters. The third-order valence-corrected chi connectivity index (χ3v) is 3.46. The minimum Gasteiger partial charge on any atom is -0.480 e. The molecule has 0 radical (unpaired) electrons. The maximum absolute atomic E-state index is 11.3. The second-order valence-electron chi connectivity index (χ2n) is 6.94. The Morgan fingerprint density at radius 2 is 2.00 bits per heavy atom. The van der Waals surface area contributed by atoms with Crippen LogP contribution in [0.15, 0.2) is 24.3 Å². The molecule has 0 aliphatic rings. The van der Waals surface area contributed by atoms with Crippen molar-refractivity contribution in [2.75, 3.05) is 19.0 Å². The van der Waals surface area contributed by atoms with Crippen molar-refractivity contribution >= 4 is 11.7 Å². The highest BCUT2D eigenvalue weighted by atomic mass is 16.4. The van der Waals surface area contributed by atoms with Gasteiger partial charge >= 0.3 is 5.97 Å². The Kier molecular flexibility index (Phi) is 6.21. The first-order valence-electron chi connectivity index (χ1n) is 7.41. The average Bonchev–Trinajstić information content (AvgIpc) is 2.37. The summed E-state index contributed by atoms with van der Waals surface area (Å²) in [7, 11) is 3.99. The number of carboxylic acids is 1. The van der Waals surface area contributed by atoms with Crippen LogP contribution in [-0.4, -0.2) is 31.2 Å². The summed E-state index contributed by atoms with van der Waals surface area (Å²) in [5.74, 6) is -0.775. The van der Waals surface area contributed by atoms with E-state index in [0.717, 1.165) is 17.7 Å². The Balaban J connectivity index is 2.61. The van der Waals surface area contributed by atoms with Crippen LogP contribution in [0.5, 0.6) is 0 Å². The number of hydrogen-bond donors (Lipinski definition) is 2. The number of carbonyl (C=O) groups is 1. The molecule has 0 fully saturated rings. The van der Waals surface area contributed by atoms with E-state index in [1.165, 1.54) is 0 Å². The topological polar surface area (TPSA) is 52.6 Å². The zero-order valence-corrected chi connectivity index (χ0v) is 13.8. The smallest absolute Gasteiger partial charge is 0.320 e. The van der Waals surface area contributed by atoms with Crippen LogP contribution in [0.25, 0.3) is 0 Å². The highest BCUT2D eigenvalue weighted by Crippen LogP contribution is 2.22. The van der Waals surface area contributed by atoms with Gasteiger partial charge in [-0.25, -0.2) is 0 Å². The second kappa shape index (κ2) is 7.46. The molecule has 0 heterocycles. The van der Waals surface area contributed by atoms with Crippen molar-refractivity contribution in [3.8, 4) is 0 Å². The van der Waals surface area contributed by atoms with Gasteiger partial charge < -0.3 is 15.3 Å². The fourth-order valence-electron chi connectivity index (χ4n) is 2.08. The van der Waals surface area contributed by atoms with Gasteiger partial charge in [0, 0.05) is 26.3 Å². The first-order chi connectivity index (χ1) is 9.69. The van der Waals surface area contributed by atoms with E-state index < -0.39 is 12.0 Å². The SMILES string of the molecule is CN(C)c1cccc(CNC(CCC(C)(C)C)C(=O)O)c1. The van der Waals surface area contributed by atoms with Gasteiger partial charge in [-0.2, -0.15) is 0 Å². The molecule has 0 aliphatic carbocycles. The lowest BCUT2D eigenvalue weighted by atomic mass is 9.88. The van der Waals surface area contributed by atoms with Crippen LogP contribution in [0.1, 0.15) is 39.2 Å². The van der Waals surface area contributed by atoms with Gasteiger partial charge in [0.2, 0.25) is 0 Å². The summed E-state index contributed by atoms with van der Waals surface area (Å²) in [6.45, 7) is 6.97. The van der Waals surface area contributed by atoms with E-state index in [-0.39, 0.29) is 5.41 Å². The van der Waals surface area contributed by atoms with Gasteiger partial charge in [0.15, 0.2) is 0 Å². The van der Waals surface area contributed by atoms with E-state index in [9.17, 15) is 9.90 Å². The van der Waals surface area contributed by atoms with Gasteiger partial charge in [0.05, 0.1) is 0 Å². The first kappa shape index (κ1) is 17.5. The number of benzene rings is 1. The van der Waals surface area contributed by atoms with Crippen LogP contribution in [-0.2, 0) is 11.3 Å². The van der Waals surface area contributed by atoms with Crippen molar-refractivity contribution < 1.29 is 9.90 Å². The Hall–Kier alpha value is -1.55. The van der Waals surface area contributed by atoms with E-state index >= 15 is 0 Å². The van der Waals surface area contributed by atoms with E-state index in [1.807, 2.05) is 37.2 Å². The highest BCUT2D eigenvalue weighted by molar-refractivity contribution is 5.73. The molecule has 118 valence electrons. The van der Waals surface area contributed by atoms with Crippen LogP contribution in [0.2, 0.25) is 0 Å².